The summed E-state index contributed by atoms with van der Waals surface area (Å²) in [5.74, 6) is -1.50. The number of aromatic nitrogens is 1. The van der Waals surface area contributed by atoms with Crippen molar-refractivity contribution in [3.05, 3.63) is 70.4 Å². The number of H-pyrrole nitrogens is 1. The van der Waals surface area contributed by atoms with E-state index in [0.717, 1.165) is 23.0 Å². The highest BCUT2D eigenvalue weighted by atomic mass is 19.2. The molecule has 1 heterocycles. The Morgan fingerprint density at radius 2 is 1.86 bits per heavy atom. The lowest BCUT2D eigenvalue weighted by atomic mass is 10.0. The molecule has 1 aromatic heterocycles. The van der Waals surface area contributed by atoms with E-state index in [1.54, 1.807) is 19.1 Å². The molecule has 0 saturated heterocycles. The van der Waals surface area contributed by atoms with Crippen molar-refractivity contribution in [2.75, 3.05) is 7.05 Å². The zero-order chi connectivity index (χ0) is 15.7. The highest BCUT2D eigenvalue weighted by molar-refractivity contribution is 5.83. The van der Waals surface area contributed by atoms with E-state index in [1.807, 2.05) is 31.4 Å². The predicted molar refractivity (Wildman–Crippen MR) is 85.0 cm³/mol. The van der Waals surface area contributed by atoms with E-state index < -0.39 is 11.6 Å². The first kappa shape index (κ1) is 14.7. The number of hydrogen-bond donors (Lipinski definition) is 2. The quantitative estimate of drug-likeness (QED) is 0.747. The second kappa shape index (κ2) is 5.89. The summed E-state index contributed by atoms with van der Waals surface area (Å²) in [7, 11) is 1.90. The van der Waals surface area contributed by atoms with Gasteiger partial charge in [-0.3, -0.25) is 0 Å². The lowest BCUT2D eigenvalue weighted by Gasteiger charge is -2.07. The Balaban J connectivity index is 1.93. The highest BCUT2D eigenvalue weighted by Crippen LogP contribution is 2.23. The molecule has 3 aromatic rings. The largest absolute Gasteiger partial charge is 0.361 e. The van der Waals surface area contributed by atoms with Crippen molar-refractivity contribution in [1.29, 1.82) is 0 Å². The number of nitrogens with one attached hydrogen (secondary N) is 2. The second-order valence-corrected chi connectivity index (χ2v) is 5.57. The topological polar surface area (TPSA) is 27.8 Å². The molecule has 0 spiro atoms. The number of aromatic amines is 1. The average Bonchev–Trinajstić information content (AvgIpc) is 2.91. The minimum atomic E-state index is -0.755. The normalized spacial score (nSPS) is 11.3. The SMILES string of the molecule is CNCc1c[nH]c2cc(Cc3ccc(C)c(F)c3F)ccc12. The molecule has 2 nitrogen and oxygen atoms in total. The van der Waals surface area contributed by atoms with Crippen LogP contribution in [0.1, 0.15) is 22.3 Å². The summed E-state index contributed by atoms with van der Waals surface area (Å²) in [4.78, 5) is 3.23. The predicted octanol–water partition coefficient (Wildman–Crippen LogP) is 4.06. The van der Waals surface area contributed by atoms with Crippen molar-refractivity contribution in [2.24, 2.45) is 0 Å². The van der Waals surface area contributed by atoms with Crippen molar-refractivity contribution in [3.8, 4) is 0 Å². The highest BCUT2D eigenvalue weighted by Gasteiger charge is 2.12. The molecular weight excluding hydrogens is 282 g/mol. The van der Waals surface area contributed by atoms with E-state index in [0.29, 0.717) is 17.5 Å². The monoisotopic (exact) mass is 300 g/mol. The molecule has 0 fully saturated rings. The Bertz CT molecular complexity index is 821. The van der Waals surface area contributed by atoms with Crippen LogP contribution in [0.25, 0.3) is 10.9 Å². The molecule has 22 heavy (non-hydrogen) atoms. The van der Waals surface area contributed by atoms with Crippen molar-refractivity contribution >= 4 is 10.9 Å². The molecule has 0 saturated carbocycles. The van der Waals surface area contributed by atoms with Crippen LogP contribution >= 0.6 is 0 Å². The fraction of sp³-hybridized carbons (Fsp3) is 0.222. The molecule has 114 valence electrons. The fourth-order valence-electron chi connectivity index (χ4n) is 2.72. The van der Waals surface area contributed by atoms with Gasteiger partial charge in [0.05, 0.1) is 0 Å². The summed E-state index contributed by atoms with van der Waals surface area (Å²) in [6, 6.07) is 9.25. The average molecular weight is 300 g/mol. The van der Waals surface area contributed by atoms with E-state index in [4.69, 9.17) is 0 Å². The maximum absolute atomic E-state index is 14.0. The molecule has 0 aliphatic rings. The number of benzene rings is 2. The first-order valence-corrected chi connectivity index (χ1v) is 7.27. The third-order valence-corrected chi connectivity index (χ3v) is 3.95. The van der Waals surface area contributed by atoms with Crippen LogP contribution in [0.15, 0.2) is 36.5 Å². The van der Waals surface area contributed by atoms with E-state index >= 15 is 0 Å². The van der Waals surface area contributed by atoms with Gasteiger partial charge in [0.1, 0.15) is 0 Å². The van der Waals surface area contributed by atoms with Gasteiger partial charge in [0, 0.05) is 30.1 Å². The zero-order valence-corrected chi connectivity index (χ0v) is 12.6. The number of aryl methyl sites for hydroxylation is 1. The molecule has 0 aliphatic heterocycles. The van der Waals surface area contributed by atoms with Crippen molar-refractivity contribution in [3.63, 3.8) is 0 Å². The molecule has 0 atom stereocenters. The minimum Gasteiger partial charge on any atom is -0.361 e. The Hall–Kier alpha value is -2.20. The summed E-state index contributed by atoms with van der Waals surface area (Å²) in [6.07, 6.45) is 2.34. The third-order valence-electron chi connectivity index (χ3n) is 3.95. The molecule has 0 aliphatic carbocycles. The van der Waals surface area contributed by atoms with E-state index in [-0.39, 0.29) is 0 Å². The van der Waals surface area contributed by atoms with Crippen LogP contribution in [0.3, 0.4) is 0 Å². The van der Waals surface area contributed by atoms with Crippen LogP contribution in [0.4, 0.5) is 8.78 Å². The van der Waals surface area contributed by atoms with Crippen LogP contribution in [0, 0.1) is 18.6 Å². The zero-order valence-electron chi connectivity index (χ0n) is 12.6. The summed E-state index contributed by atoms with van der Waals surface area (Å²) in [5.41, 5.74) is 3.86. The standard InChI is InChI=1S/C18H18F2N2/c1-11-3-5-13(18(20)17(11)19)7-12-4-6-15-14(9-21-2)10-22-16(15)8-12/h3-6,8,10,21-22H,7,9H2,1-2H3. The van der Waals surface area contributed by atoms with Gasteiger partial charge < -0.3 is 10.3 Å². The second-order valence-electron chi connectivity index (χ2n) is 5.57. The third kappa shape index (κ3) is 2.62. The summed E-state index contributed by atoms with van der Waals surface area (Å²) in [6.45, 7) is 2.35. The Morgan fingerprint density at radius 1 is 1.05 bits per heavy atom. The number of halogens is 2. The van der Waals surface area contributed by atoms with Crippen LogP contribution in [-0.2, 0) is 13.0 Å². The summed E-state index contributed by atoms with van der Waals surface area (Å²) < 4.78 is 27.6. The van der Waals surface area contributed by atoms with Gasteiger partial charge in [0.25, 0.3) is 0 Å². The van der Waals surface area contributed by atoms with Gasteiger partial charge in [0.15, 0.2) is 11.6 Å². The molecular formula is C18H18F2N2. The fourth-order valence-corrected chi connectivity index (χ4v) is 2.72. The molecule has 3 rings (SSSR count). The molecule has 2 N–H and O–H groups in total. The maximum atomic E-state index is 14.0. The molecule has 0 bridgehead atoms. The van der Waals surface area contributed by atoms with Crippen LogP contribution in [0.5, 0.6) is 0 Å². The van der Waals surface area contributed by atoms with Crippen LogP contribution < -0.4 is 5.32 Å². The van der Waals surface area contributed by atoms with E-state index in [2.05, 4.69) is 10.3 Å². The van der Waals surface area contributed by atoms with Crippen LogP contribution in [0.2, 0.25) is 0 Å². The van der Waals surface area contributed by atoms with Gasteiger partial charge in [-0.15, -0.1) is 0 Å². The lowest BCUT2D eigenvalue weighted by molar-refractivity contribution is 0.495. The Morgan fingerprint density at radius 3 is 2.64 bits per heavy atom. The Kier molecular flexibility index (Phi) is 3.94. The molecule has 0 unspecified atom stereocenters. The van der Waals surface area contributed by atoms with Gasteiger partial charge in [-0.1, -0.05) is 24.3 Å². The van der Waals surface area contributed by atoms with Crippen molar-refractivity contribution in [2.45, 2.75) is 19.9 Å². The summed E-state index contributed by atoms with van der Waals surface area (Å²) >= 11 is 0. The van der Waals surface area contributed by atoms with Gasteiger partial charge in [-0.05, 0) is 42.3 Å². The number of rotatable bonds is 4. The Labute approximate surface area is 128 Å². The maximum Gasteiger partial charge on any atom is 0.162 e. The molecule has 2 aromatic carbocycles. The number of fused-ring (bicyclic) bond motifs is 1. The molecule has 0 amide bonds. The molecule has 0 radical (unpaired) electrons. The van der Waals surface area contributed by atoms with Gasteiger partial charge >= 0.3 is 0 Å². The van der Waals surface area contributed by atoms with E-state index in [1.165, 1.54) is 5.56 Å². The minimum absolute atomic E-state index is 0.331. The number of hydrogen-bond acceptors (Lipinski definition) is 1. The van der Waals surface area contributed by atoms with Crippen LogP contribution in [-0.4, -0.2) is 12.0 Å². The smallest absolute Gasteiger partial charge is 0.162 e. The van der Waals surface area contributed by atoms with Gasteiger partial charge in [-0.25, -0.2) is 8.78 Å². The van der Waals surface area contributed by atoms with Gasteiger partial charge in [-0.2, -0.15) is 0 Å². The van der Waals surface area contributed by atoms with Crippen molar-refractivity contribution < 1.29 is 8.78 Å². The van der Waals surface area contributed by atoms with Gasteiger partial charge in [0.2, 0.25) is 0 Å². The first-order chi connectivity index (χ1) is 10.6. The van der Waals surface area contributed by atoms with E-state index in [9.17, 15) is 8.78 Å². The lowest BCUT2D eigenvalue weighted by Crippen LogP contribution is -2.04. The first-order valence-electron chi connectivity index (χ1n) is 7.27. The summed E-state index contributed by atoms with van der Waals surface area (Å²) in [5, 5.41) is 4.27. The van der Waals surface area contributed by atoms with Crippen molar-refractivity contribution in [1.82, 2.24) is 10.3 Å². The molecule has 4 heteroatoms.